The van der Waals surface area contributed by atoms with Crippen LogP contribution in [0.4, 0.5) is 13.2 Å². The summed E-state index contributed by atoms with van der Waals surface area (Å²) < 4.78 is 50.6. The maximum absolute atomic E-state index is 12.1. The highest BCUT2D eigenvalue weighted by atomic mass is 35.5. The predicted octanol–water partition coefficient (Wildman–Crippen LogP) is 3.05. The highest BCUT2D eigenvalue weighted by Gasteiger charge is 2.27. The summed E-state index contributed by atoms with van der Waals surface area (Å²) in [4.78, 5) is 12.1. The fraction of sp³-hybridized carbons (Fsp3) is 0.500. The molecule has 1 rings (SSSR count). The fourth-order valence-corrected chi connectivity index (χ4v) is 2.04. The zero-order valence-electron chi connectivity index (χ0n) is 12.8. The molecule has 1 aromatic rings. The van der Waals surface area contributed by atoms with Gasteiger partial charge in [-0.05, 0) is 19.1 Å². The van der Waals surface area contributed by atoms with E-state index in [4.69, 9.17) is 21.1 Å². The van der Waals surface area contributed by atoms with Gasteiger partial charge in [-0.1, -0.05) is 11.6 Å². The van der Waals surface area contributed by atoms with Gasteiger partial charge in [0.15, 0.2) is 11.5 Å². The highest BCUT2D eigenvalue weighted by molar-refractivity contribution is 6.32. The molecule has 0 saturated carbocycles. The third kappa shape index (κ3) is 6.15. The van der Waals surface area contributed by atoms with E-state index in [1.165, 1.54) is 33.3 Å². The van der Waals surface area contributed by atoms with E-state index in [9.17, 15) is 18.0 Å². The summed E-state index contributed by atoms with van der Waals surface area (Å²) >= 11 is 5.99. The third-order valence-corrected chi connectivity index (χ3v) is 2.99. The van der Waals surface area contributed by atoms with Gasteiger partial charge in [-0.2, -0.15) is 13.2 Å². The van der Waals surface area contributed by atoms with Crippen molar-refractivity contribution >= 4 is 17.5 Å². The summed E-state index contributed by atoms with van der Waals surface area (Å²) in [6, 6.07) is 2.18. The topological polar surface area (TPSA) is 56.8 Å². The maximum Gasteiger partial charge on any atom is 0.411 e. The fourth-order valence-electron chi connectivity index (χ4n) is 1.75. The molecule has 1 N–H and O–H groups in total. The van der Waals surface area contributed by atoms with Crippen molar-refractivity contribution in [3.8, 4) is 11.5 Å². The largest absolute Gasteiger partial charge is 0.493 e. The number of benzene rings is 1. The average molecular weight is 356 g/mol. The van der Waals surface area contributed by atoms with Gasteiger partial charge in [0.05, 0.1) is 25.8 Å². The van der Waals surface area contributed by atoms with Crippen LogP contribution in [0, 0.1) is 0 Å². The van der Waals surface area contributed by atoms with Crippen molar-refractivity contribution in [2.75, 3.05) is 27.4 Å². The number of hydrogen-bond acceptors (Lipinski definition) is 4. The lowest BCUT2D eigenvalue weighted by Gasteiger charge is -2.16. The van der Waals surface area contributed by atoms with E-state index < -0.39 is 24.7 Å². The number of rotatable bonds is 7. The van der Waals surface area contributed by atoms with Crippen LogP contribution in [0.1, 0.15) is 17.3 Å². The van der Waals surface area contributed by atoms with Gasteiger partial charge >= 0.3 is 6.18 Å². The highest BCUT2D eigenvalue weighted by Crippen LogP contribution is 2.35. The minimum atomic E-state index is -4.40. The molecule has 23 heavy (non-hydrogen) atoms. The van der Waals surface area contributed by atoms with Crippen LogP contribution in [0.25, 0.3) is 0 Å². The average Bonchev–Trinajstić information content (AvgIpc) is 2.44. The minimum Gasteiger partial charge on any atom is -0.493 e. The third-order valence-electron chi connectivity index (χ3n) is 2.71. The van der Waals surface area contributed by atoms with Gasteiger partial charge in [0, 0.05) is 11.6 Å². The maximum atomic E-state index is 12.1. The van der Waals surface area contributed by atoms with Gasteiger partial charge in [-0.25, -0.2) is 0 Å². The molecule has 0 aliphatic heterocycles. The van der Waals surface area contributed by atoms with Crippen LogP contribution < -0.4 is 14.8 Å². The minimum absolute atomic E-state index is 0.179. The number of nitrogens with one attached hydrogen (secondary N) is 1. The number of hydrogen-bond donors (Lipinski definition) is 1. The SMILES string of the molecule is COc1cc(C(=O)NC(C)COCC(F)(F)F)cc(Cl)c1OC. The number of amides is 1. The Labute approximate surface area is 136 Å². The molecule has 0 heterocycles. The van der Waals surface area contributed by atoms with Crippen LogP contribution in [0.5, 0.6) is 11.5 Å². The van der Waals surface area contributed by atoms with Crippen LogP contribution in [-0.2, 0) is 4.74 Å². The summed E-state index contributed by atoms with van der Waals surface area (Å²) in [5.41, 5.74) is 0.190. The zero-order valence-corrected chi connectivity index (χ0v) is 13.5. The molecule has 1 amide bonds. The van der Waals surface area contributed by atoms with Gasteiger partial charge in [0.2, 0.25) is 0 Å². The first-order valence-corrected chi connectivity index (χ1v) is 6.92. The summed E-state index contributed by atoms with van der Waals surface area (Å²) in [5, 5.41) is 2.69. The van der Waals surface area contributed by atoms with Crippen molar-refractivity contribution < 1.29 is 32.2 Å². The van der Waals surface area contributed by atoms with E-state index in [-0.39, 0.29) is 28.7 Å². The quantitative estimate of drug-likeness (QED) is 0.816. The smallest absolute Gasteiger partial charge is 0.411 e. The molecule has 9 heteroatoms. The predicted molar refractivity (Wildman–Crippen MR) is 78.4 cm³/mol. The number of carbonyl (C=O) groups is 1. The molecule has 1 unspecified atom stereocenters. The first kappa shape index (κ1) is 19.4. The molecule has 130 valence electrons. The van der Waals surface area contributed by atoms with Crippen molar-refractivity contribution in [1.82, 2.24) is 5.32 Å². The molecule has 0 aliphatic rings. The van der Waals surface area contributed by atoms with Crippen molar-refractivity contribution in [3.05, 3.63) is 22.7 Å². The molecular weight excluding hydrogens is 339 g/mol. The van der Waals surface area contributed by atoms with Crippen molar-refractivity contribution in [1.29, 1.82) is 0 Å². The molecule has 0 aromatic heterocycles. The van der Waals surface area contributed by atoms with Crippen molar-refractivity contribution in [2.45, 2.75) is 19.1 Å². The van der Waals surface area contributed by atoms with Crippen LogP contribution in [0.2, 0.25) is 5.02 Å². The Balaban J connectivity index is 2.69. The van der Waals surface area contributed by atoms with E-state index in [1.807, 2.05) is 0 Å². The van der Waals surface area contributed by atoms with Crippen LogP contribution in [-0.4, -0.2) is 45.6 Å². The molecule has 0 aliphatic carbocycles. The zero-order chi connectivity index (χ0) is 17.6. The molecule has 1 atom stereocenters. The van der Waals surface area contributed by atoms with Gasteiger partial charge < -0.3 is 19.5 Å². The second kappa shape index (κ2) is 8.26. The lowest BCUT2D eigenvalue weighted by Crippen LogP contribution is -2.36. The second-order valence-corrected chi connectivity index (χ2v) is 5.11. The first-order valence-electron chi connectivity index (χ1n) is 6.54. The summed E-state index contributed by atoms with van der Waals surface area (Å²) in [6.07, 6.45) is -4.40. The summed E-state index contributed by atoms with van der Waals surface area (Å²) in [7, 11) is 2.80. The van der Waals surface area contributed by atoms with Crippen LogP contribution >= 0.6 is 11.6 Å². The van der Waals surface area contributed by atoms with Gasteiger partial charge in [0.25, 0.3) is 5.91 Å². The van der Waals surface area contributed by atoms with Gasteiger partial charge in [-0.3, -0.25) is 4.79 Å². The number of carbonyl (C=O) groups excluding carboxylic acids is 1. The van der Waals surface area contributed by atoms with Crippen LogP contribution in [0.3, 0.4) is 0 Å². The van der Waals surface area contributed by atoms with Crippen LogP contribution in [0.15, 0.2) is 12.1 Å². The number of ether oxygens (including phenoxy) is 3. The van der Waals surface area contributed by atoms with E-state index in [0.717, 1.165) is 0 Å². The number of methoxy groups -OCH3 is 2. The Hall–Kier alpha value is -1.67. The summed E-state index contributed by atoms with van der Waals surface area (Å²) in [5.74, 6) is 0.0364. The van der Waals surface area contributed by atoms with E-state index in [0.29, 0.717) is 0 Å². The van der Waals surface area contributed by atoms with Gasteiger partial charge in [-0.15, -0.1) is 0 Å². The van der Waals surface area contributed by atoms with Crippen molar-refractivity contribution in [3.63, 3.8) is 0 Å². The molecule has 0 fully saturated rings. The first-order chi connectivity index (χ1) is 10.7. The summed E-state index contributed by atoms with van der Waals surface area (Å²) in [6.45, 7) is -0.113. The van der Waals surface area contributed by atoms with E-state index >= 15 is 0 Å². The molecule has 0 spiro atoms. The molecule has 1 aromatic carbocycles. The molecule has 0 saturated heterocycles. The lowest BCUT2D eigenvalue weighted by atomic mass is 10.1. The van der Waals surface area contributed by atoms with E-state index in [2.05, 4.69) is 10.1 Å². The Kier molecular flexibility index (Phi) is 6.96. The Morgan fingerprint density at radius 2 is 1.96 bits per heavy atom. The number of halogens is 4. The monoisotopic (exact) mass is 355 g/mol. The number of alkyl halides is 3. The molecular formula is C14H17ClF3NO4. The second-order valence-electron chi connectivity index (χ2n) is 4.70. The van der Waals surface area contributed by atoms with Gasteiger partial charge in [0.1, 0.15) is 6.61 Å². The Bertz CT molecular complexity index is 552. The Morgan fingerprint density at radius 1 is 1.30 bits per heavy atom. The van der Waals surface area contributed by atoms with E-state index in [1.54, 1.807) is 0 Å². The lowest BCUT2D eigenvalue weighted by molar-refractivity contribution is -0.174. The molecule has 0 bridgehead atoms. The van der Waals surface area contributed by atoms with Crippen molar-refractivity contribution in [2.24, 2.45) is 0 Å². The Morgan fingerprint density at radius 3 is 2.48 bits per heavy atom. The normalized spacial score (nSPS) is 12.7. The standard InChI is InChI=1S/C14H17ClF3NO4/c1-8(6-23-7-14(16,17)18)19-13(20)9-4-10(15)12(22-3)11(5-9)21-2/h4-5,8H,6-7H2,1-3H3,(H,19,20). The molecule has 5 nitrogen and oxygen atoms in total. The molecule has 0 radical (unpaired) electrons.